The van der Waals surface area contributed by atoms with Crippen LogP contribution in [0, 0.1) is 5.82 Å². The minimum Gasteiger partial charge on any atom is -0.504 e. The maximum atomic E-state index is 12.9. The van der Waals surface area contributed by atoms with E-state index in [1.54, 1.807) is 30.3 Å². The molecule has 2 aromatic carbocycles. The molecule has 6 heteroatoms. The van der Waals surface area contributed by atoms with Gasteiger partial charge in [0, 0.05) is 5.56 Å². The monoisotopic (exact) mass is 286 g/mol. The maximum Gasteiger partial charge on any atom is 0.262 e. The van der Waals surface area contributed by atoms with Crippen LogP contribution in [0.2, 0.25) is 0 Å². The van der Waals surface area contributed by atoms with Gasteiger partial charge in [-0.2, -0.15) is 4.98 Å². The van der Waals surface area contributed by atoms with Crippen molar-refractivity contribution in [2.24, 2.45) is 0 Å². The molecule has 0 atom stereocenters. The number of aromatic nitrogens is 2. The van der Waals surface area contributed by atoms with Gasteiger partial charge in [0.05, 0.1) is 12.7 Å². The number of hydrogen-bond acceptors (Lipinski definition) is 5. The van der Waals surface area contributed by atoms with Crippen molar-refractivity contribution in [1.29, 1.82) is 0 Å². The van der Waals surface area contributed by atoms with E-state index in [1.807, 2.05) is 0 Å². The van der Waals surface area contributed by atoms with Gasteiger partial charge in [0.1, 0.15) is 5.82 Å². The lowest BCUT2D eigenvalue weighted by atomic mass is 10.2. The molecular weight excluding hydrogens is 275 g/mol. The Hall–Kier alpha value is -2.89. The lowest BCUT2D eigenvalue weighted by Crippen LogP contribution is -1.86. The summed E-state index contributed by atoms with van der Waals surface area (Å²) >= 11 is 0. The number of nitrogens with zero attached hydrogens (tertiary/aromatic N) is 2. The highest BCUT2D eigenvalue weighted by atomic mass is 19.1. The second-order valence-corrected chi connectivity index (χ2v) is 4.29. The summed E-state index contributed by atoms with van der Waals surface area (Å²) in [6, 6.07) is 10.7. The highest BCUT2D eigenvalue weighted by molar-refractivity contribution is 5.68. The standard InChI is InChI=1S/C15H11FN2O3/c1-20-12-4-2-3-11(13(12)19)15-17-14(18-21-15)9-5-7-10(16)8-6-9/h2-8,19H,1H3. The topological polar surface area (TPSA) is 68.4 Å². The van der Waals surface area contributed by atoms with Crippen LogP contribution in [0.3, 0.4) is 0 Å². The predicted octanol–water partition coefficient (Wildman–Crippen LogP) is 3.26. The Kier molecular flexibility index (Phi) is 3.27. The Morgan fingerprint density at radius 2 is 1.90 bits per heavy atom. The average molecular weight is 286 g/mol. The molecule has 0 bridgehead atoms. The first kappa shape index (κ1) is 13.1. The largest absolute Gasteiger partial charge is 0.504 e. The van der Waals surface area contributed by atoms with Crippen molar-refractivity contribution < 1.29 is 18.8 Å². The lowest BCUT2D eigenvalue weighted by Gasteiger charge is -2.04. The summed E-state index contributed by atoms with van der Waals surface area (Å²) in [7, 11) is 1.45. The number of rotatable bonds is 3. The fraction of sp³-hybridized carbons (Fsp3) is 0.0667. The fourth-order valence-corrected chi connectivity index (χ4v) is 1.91. The summed E-state index contributed by atoms with van der Waals surface area (Å²) in [4.78, 5) is 4.20. The molecule has 0 radical (unpaired) electrons. The summed E-state index contributed by atoms with van der Waals surface area (Å²) in [5.41, 5.74) is 0.990. The number of ether oxygens (including phenoxy) is 1. The molecule has 0 amide bonds. The molecule has 1 N–H and O–H groups in total. The number of phenolic OH excluding ortho intramolecular Hbond substituents is 1. The summed E-state index contributed by atoms with van der Waals surface area (Å²) in [5.74, 6) is 0.370. The second-order valence-electron chi connectivity index (χ2n) is 4.29. The molecule has 0 aliphatic carbocycles. The first-order valence-electron chi connectivity index (χ1n) is 6.15. The van der Waals surface area contributed by atoms with Crippen molar-refractivity contribution in [3.8, 4) is 34.3 Å². The van der Waals surface area contributed by atoms with Crippen molar-refractivity contribution in [2.75, 3.05) is 7.11 Å². The number of methoxy groups -OCH3 is 1. The quantitative estimate of drug-likeness (QED) is 0.800. The zero-order valence-corrected chi connectivity index (χ0v) is 11.1. The van der Waals surface area contributed by atoms with Gasteiger partial charge in [-0.05, 0) is 36.4 Å². The molecule has 0 aliphatic heterocycles. The molecule has 0 saturated carbocycles. The molecule has 3 aromatic rings. The number of halogens is 1. The van der Waals surface area contributed by atoms with Crippen LogP contribution in [-0.2, 0) is 0 Å². The lowest BCUT2D eigenvalue weighted by molar-refractivity contribution is 0.371. The van der Waals surface area contributed by atoms with Gasteiger partial charge in [-0.1, -0.05) is 11.2 Å². The van der Waals surface area contributed by atoms with Crippen LogP contribution < -0.4 is 4.74 Å². The Balaban J connectivity index is 2.00. The van der Waals surface area contributed by atoms with Crippen LogP contribution >= 0.6 is 0 Å². The highest BCUT2D eigenvalue weighted by Gasteiger charge is 2.16. The van der Waals surface area contributed by atoms with E-state index < -0.39 is 0 Å². The molecule has 0 aliphatic rings. The Morgan fingerprint density at radius 1 is 1.14 bits per heavy atom. The third-order valence-electron chi connectivity index (χ3n) is 2.98. The van der Waals surface area contributed by atoms with E-state index in [-0.39, 0.29) is 17.5 Å². The number of hydrogen-bond donors (Lipinski definition) is 1. The fourth-order valence-electron chi connectivity index (χ4n) is 1.91. The van der Waals surface area contributed by atoms with E-state index in [9.17, 15) is 9.50 Å². The third-order valence-corrected chi connectivity index (χ3v) is 2.98. The van der Waals surface area contributed by atoms with Crippen molar-refractivity contribution in [1.82, 2.24) is 10.1 Å². The van der Waals surface area contributed by atoms with E-state index in [0.717, 1.165) is 0 Å². The van der Waals surface area contributed by atoms with Gasteiger partial charge >= 0.3 is 0 Å². The number of para-hydroxylation sites is 1. The minimum atomic E-state index is -0.340. The highest BCUT2D eigenvalue weighted by Crippen LogP contribution is 2.36. The summed E-state index contributed by atoms with van der Waals surface area (Å²) in [5, 5.41) is 13.9. The van der Waals surface area contributed by atoms with E-state index in [2.05, 4.69) is 10.1 Å². The molecule has 1 aromatic heterocycles. The molecular formula is C15H11FN2O3. The molecule has 21 heavy (non-hydrogen) atoms. The van der Waals surface area contributed by atoms with Crippen LogP contribution in [-0.4, -0.2) is 22.4 Å². The van der Waals surface area contributed by atoms with Crippen LogP contribution in [0.15, 0.2) is 47.0 Å². The molecule has 5 nitrogen and oxygen atoms in total. The molecule has 106 valence electrons. The van der Waals surface area contributed by atoms with Crippen molar-refractivity contribution >= 4 is 0 Å². The maximum absolute atomic E-state index is 12.9. The molecule has 1 heterocycles. The molecule has 0 unspecified atom stereocenters. The summed E-state index contributed by atoms with van der Waals surface area (Å²) < 4.78 is 23.1. The SMILES string of the molecule is COc1cccc(-c2nc(-c3ccc(F)cc3)no2)c1O. The third kappa shape index (κ3) is 2.43. The van der Waals surface area contributed by atoms with Gasteiger partial charge in [0.2, 0.25) is 5.82 Å². The van der Waals surface area contributed by atoms with Crippen LogP contribution in [0.25, 0.3) is 22.8 Å². The van der Waals surface area contributed by atoms with Gasteiger partial charge < -0.3 is 14.4 Å². The van der Waals surface area contributed by atoms with Gasteiger partial charge in [-0.15, -0.1) is 0 Å². The molecule has 0 spiro atoms. The van der Waals surface area contributed by atoms with Gasteiger partial charge in [-0.3, -0.25) is 0 Å². The van der Waals surface area contributed by atoms with E-state index in [1.165, 1.54) is 19.2 Å². The van der Waals surface area contributed by atoms with Crippen LogP contribution in [0.1, 0.15) is 0 Å². The number of aromatic hydroxyl groups is 1. The average Bonchev–Trinajstić information content (AvgIpc) is 2.98. The second kappa shape index (κ2) is 5.24. The Labute approximate surface area is 119 Å². The minimum absolute atomic E-state index is 0.0747. The smallest absolute Gasteiger partial charge is 0.262 e. The molecule has 0 saturated heterocycles. The van der Waals surface area contributed by atoms with Crippen LogP contribution in [0.4, 0.5) is 4.39 Å². The van der Waals surface area contributed by atoms with E-state index in [0.29, 0.717) is 22.7 Å². The normalized spacial score (nSPS) is 10.6. The van der Waals surface area contributed by atoms with Crippen LogP contribution in [0.5, 0.6) is 11.5 Å². The Morgan fingerprint density at radius 3 is 2.62 bits per heavy atom. The summed E-state index contributed by atoms with van der Waals surface area (Å²) in [6.07, 6.45) is 0. The molecule has 3 rings (SSSR count). The first-order valence-corrected chi connectivity index (χ1v) is 6.15. The van der Waals surface area contributed by atoms with Gasteiger partial charge in [0.25, 0.3) is 5.89 Å². The predicted molar refractivity (Wildman–Crippen MR) is 73.3 cm³/mol. The van der Waals surface area contributed by atoms with Gasteiger partial charge in [-0.25, -0.2) is 4.39 Å². The van der Waals surface area contributed by atoms with E-state index in [4.69, 9.17) is 9.26 Å². The number of benzene rings is 2. The zero-order valence-electron chi connectivity index (χ0n) is 11.1. The number of phenols is 1. The van der Waals surface area contributed by atoms with Crippen molar-refractivity contribution in [3.63, 3.8) is 0 Å². The summed E-state index contributed by atoms with van der Waals surface area (Å²) in [6.45, 7) is 0. The Bertz CT molecular complexity index is 769. The van der Waals surface area contributed by atoms with E-state index >= 15 is 0 Å². The van der Waals surface area contributed by atoms with Crippen molar-refractivity contribution in [3.05, 3.63) is 48.3 Å². The molecule has 0 fully saturated rings. The van der Waals surface area contributed by atoms with Gasteiger partial charge in [0.15, 0.2) is 11.5 Å². The van der Waals surface area contributed by atoms with Crippen molar-refractivity contribution in [2.45, 2.75) is 0 Å². The first-order chi connectivity index (χ1) is 10.2. The zero-order chi connectivity index (χ0) is 14.8.